The predicted molar refractivity (Wildman–Crippen MR) is 60.5 cm³/mol. The van der Waals surface area contributed by atoms with Crippen LogP contribution in [-0.2, 0) is 0 Å². The first-order valence-electron chi connectivity index (χ1n) is 5.47. The van der Waals surface area contributed by atoms with Gasteiger partial charge in [-0.25, -0.2) is 4.39 Å². The smallest absolute Gasteiger partial charge is 0.251 e. The lowest BCUT2D eigenvalue weighted by Gasteiger charge is -2.05. The van der Waals surface area contributed by atoms with Gasteiger partial charge in [-0.3, -0.25) is 4.79 Å². The molecule has 86 valence electrons. The summed E-state index contributed by atoms with van der Waals surface area (Å²) in [6.07, 6.45) is 2.12. The van der Waals surface area contributed by atoms with E-state index in [4.69, 9.17) is 5.73 Å². The van der Waals surface area contributed by atoms with Crippen LogP contribution in [-0.4, -0.2) is 11.9 Å². The van der Waals surface area contributed by atoms with Gasteiger partial charge in [0.1, 0.15) is 5.82 Å². The third-order valence-corrected chi connectivity index (χ3v) is 3.02. The molecule has 0 saturated heterocycles. The number of nitrogens with one attached hydrogen (secondary N) is 1. The molecule has 1 aromatic carbocycles. The molecule has 3 nitrogen and oxygen atoms in total. The summed E-state index contributed by atoms with van der Waals surface area (Å²) < 4.78 is 12.9. The van der Waals surface area contributed by atoms with E-state index in [0.717, 1.165) is 12.8 Å². The number of rotatable bonds is 3. The summed E-state index contributed by atoms with van der Waals surface area (Å²) in [7, 11) is 0. The van der Waals surface area contributed by atoms with Crippen LogP contribution in [0.25, 0.3) is 0 Å². The molecule has 0 bridgehead atoms. The van der Waals surface area contributed by atoms with Crippen LogP contribution in [0.4, 0.5) is 10.1 Å². The fourth-order valence-corrected chi connectivity index (χ4v) is 1.81. The molecule has 1 aliphatic rings. The Kier molecular flexibility index (Phi) is 2.81. The van der Waals surface area contributed by atoms with E-state index >= 15 is 0 Å². The Balaban J connectivity index is 2.01. The molecule has 1 aromatic rings. The second-order valence-corrected chi connectivity index (χ2v) is 4.22. The topological polar surface area (TPSA) is 55.1 Å². The Bertz CT molecular complexity index is 419. The minimum absolute atomic E-state index is 0.00971. The van der Waals surface area contributed by atoms with Gasteiger partial charge >= 0.3 is 0 Å². The first-order valence-corrected chi connectivity index (χ1v) is 5.47. The second-order valence-electron chi connectivity index (χ2n) is 4.22. The summed E-state index contributed by atoms with van der Waals surface area (Å²) in [5, 5.41) is 2.90. The SMILES string of the molecule is CCC1CC1NC(=O)c1ccc(F)c(N)c1. The van der Waals surface area contributed by atoms with Gasteiger partial charge in [0, 0.05) is 11.6 Å². The molecular formula is C12H15FN2O. The zero-order chi connectivity index (χ0) is 11.7. The van der Waals surface area contributed by atoms with E-state index in [1.807, 2.05) is 0 Å². The van der Waals surface area contributed by atoms with Crippen molar-refractivity contribution in [2.75, 3.05) is 5.73 Å². The number of carbonyl (C=O) groups excluding carboxylic acids is 1. The minimum atomic E-state index is -0.491. The highest BCUT2D eigenvalue weighted by atomic mass is 19.1. The molecule has 2 atom stereocenters. The fraction of sp³-hybridized carbons (Fsp3) is 0.417. The lowest BCUT2D eigenvalue weighted by molar-refractivity contribution is 0.0949. The van der Waals surface area contributed by atoms with Gasteiger partial charge in [0.05, 0.1) is 5.69 Å². The van der Waals surface area contributed by atoms with Crippen LogP contribution in [0.3, 0.4) is 0 Å². The molecule has 1 amide bonds. The van der Waals surface area contributed by atoms with E-state index in [0.29, 0.717) is 11.5 Å². The van der Waals surface area contributed by atoms with Crippen molar-refractivity contribution in [3.8, 4) is 0 Å². The standard InChI is InChI=1S/C12H15FN2O/c1-2-7-6-11(7)15-12(16)8-3-4-9(13)10(14)5-8/h3-5,7,11H,2,6,14H2,1H3,(H,15,16). The first-order chi connectivity index (χ1) is 7.61. The van der Waals surface area contributed by atoms with Crippen molar-refractivity contribution in [3.05, 3.63) is 29.6 Å². The normalized spacial score (nSPS) is 22.9. The molecule has 2 rings (SSSR count). The van der Waals surface area contributed by atoms with Gasteiger partial charge in [-0.1, -0.05) is 13.3 Å². The number of nitrogens with two attached hydrogens (primary N) is 1. The van der Waals surface area contributed by atoms with Gasteiger partial charge in [0.15, 0.2) is 0 Å². The van der Waals surface area contributed by atoms with Crippen LogP contribution >= 0.6 is 0 Å². The van der Waals surface area contributed by atoms with Crippen molar-refractivity contribution < 1.29 is 9.18 Å². The number of amides is 1. The molecule has 1 aliphatic carbocycles. The zero-order valence-electron chi connectivity index (χ0n) is 9.16. The molecule has 2 unspecified atom stereocenters. The van der Waals surface area contributed by atoms with Crippen LogP contribution in [0.2, 0.25) is 0 Å². The quantitative estimate of drug-likeness (QED) is 0.768. The van der Waals surface area contributed by atoms with Gasteiger partial charge in [-0.05, 0) is 30.5 Å². The Morgan fingerprint density at radius 3 is 2.94 bits per heavy atom. The average molecular weight is 222 g/mol. The highest BCUT2D eigenvalue weighted by Gasteiger charge is 2.36. The van der Waals surface area contributed by atoms with Crippen molar-refractivity contribution in [2.45, 2.75) is 25.8 Å². The molecule has 3 N–H and O–H groups in total. The Morgan fingerprint density at radius 2 is 2.38 bits per heavy atom. The molecule has 0 spiro atoms. The van der Waals surface area contributed by atoms with Gasteiger partial charge in [-0.15, -0.1) is 0 Å². The van der Waals surface area contributed by atoms with Crippen molar-refractivity contribution in [2.24, 2.45) is 5.92 Å². The van der Waals surface area contributed by atoms with Crippen molar-refractivity contribution in [3.63, 3.8) is 0 Å². The molecule has 0 radical (unpaired) electrons. The lowest BCUT2D eigenvalue weighted by atomic mass is 10.2. The summed E-state index contributed by atoms with van der Waals surface area (Å²) >= 11 is 0. The number of anilines is 1. The number of benzene rings is 1. The molecule has 0 aliphatic heterocycles. The molecule has 1 fully saturated rings. The number of hydrogen-bond donors (Lipinski definition) is 2. The molecular weight excluding hydrogens is 207 g/mol. The summed E-state index contributed by atoms with van der Waals surface area (Å²) in [4.78, 5) is 11.7. The number of hydrogen-bond acceptors (Lipinski definition) is 2. The zero-order valence-corrected chi connectivity index (χ0v) is 9.16. The molecule has 0 aromatic heterocycles. The van der Waals surface area contributed by atoms with Gasteiger partial charge < -0.3 is 11.1 Å². The highest BCUT2D eigenvalue weighted by molar-refractivity contribution is 5.95. The van der Waals surface area contributed by atoms with E-state index in [1.54, 1.807) is 0 Å². The molecule has 16 heavy (non-hydrogen) atoms. The summed E-state index contributed by atoms with van der Waals surface area (Å²) in [5.41, 5.74) is 5.83. The Labute approximate surface area is 93.8 Å². The lowest BCUT2D eigenvalue weighted by Crippen LogP contribution is -2.26. The van der Waals surface area contributed by atoms with Gasteiger partial charge in [-0.2, -0.15) is 0 Å². The second kappa shape index (κ2) is 4.12. The summed E-state index contributed by atoms with van der Waals surface area (Å²) in [5.74, 6) is -0.0659. The summed E-state index contributed by atoms with van der Waals surface area (Å²) in [6, 6.07) is 4.32. The number of halogens is 1. The van der Waals surface area contributed by atoms with Crippen molar-refractivity contribution in [1.29, 1.82) is 0 Å². The largest absolute Gasteiger partial charge is 0.396 e. The van der Waals surface area contributed by atoms with Crippen LogP contribution in [0.5, 0.6) is 0 Å². The van der Waals surface area contributed by atoms with Crippen molar-refractivity contribution >= 4 is 11.6 Å². The van der Waals surface area contributed by atoms with Gasteiger partial charge in [0.25, 0.3) is 5.91 Å². The van der Waals surface area contributed by atoms with E-state index in [-0.39, 0.29) is 17.6 Å². The molecule has 0 heterocycles. The predicted octanol–water partition coefficient (Wildman–Crippen LogP) is 1.94. The highest BCUT2D eigenvalue weighted by Crippen LogP contribution is 2.33. The van der Waals surface area contributed by atoms with E-state index in [2.05, 4.69) is 12.2 Å². The molecule has 1 saturated carbocycles. The van der Waals surface area contributed by atoms with Crippen LogP contribution in [0.15, 0.2) is 18.2 Å². The monoisotopic (exact) mass is 222 g/mol. The van der Waals surface area contributed by atoms with Crippen molar-refractivity contribution in [1.82, 2.24) is 5.32 Å². The Morgan fingerprint density at radius 1 is 1.62 bits per heavy atom. The summed E-state index contributed by atoms with van der Waals surface area (Å²) in [6.45, 7) is 2.10. The molecule has 4 heteroatoms. The third-order valence-electron chi connectivity index (χ3n) is 3.02. The van der Waals surface area contributed by atoms with Crippen LogP contribution in [0.1, 0.15) is 30.1 Å². The average Bonchev–Trinajstić information content (AvgIpc) is 3.00. The van der Waals surface area contributed by atoms with E-state index in [9.17, 15) is 9.18 Å². The van der Waals surface area contributed by atoms with Crippen LogP contribution < -0.4 is 11.1 Å². The first kappa shape index (κ1) is 10.9. The minimum Gasteiger partial charge on any atom is -0.396 e. The van der Waals surface area contributed by atoms with Crippen LogP contribution in [0, 0.1) is 11.7 Å². The van der Waals surface area contributed by atoms with Gasteiger partial charge in [0.2, 0.25) is 0 Å². The maximum atomic E-state index is 12.9. The number of nitrogen functional groups attached to an aromatic ring is 1. The van der Waals surface area contributed by atoms with E-state index in [1.165, 1.54) is 18.2 Å². The maximum Gasteiger partial charge on any atom is 0.251 e. The Hall–Kier alpha value is -1.58. The van der Waals surface area contributed by atoms with E-state index < -0.39 is 5.82 Å². The third kappa shape index (κ3) is 2.15. The fourth-order valence-electron chi connectivity index (χ4n) is 1.81. The maximum absolute atomic E-state index is 12.9. The number of carbonyl (C=O) groups is 1.